The van der Waals surface area contributed by atoms with Crippen LogP contribution in [-0.2, 0) is 9.59 Å². The Balaban J connectivity index is 4.54. The van der Waals surface area contributed by atoms with Crippen molar-refractivity contribution in [2.45, 2.75) is 0 Å². The second-order valence-electron chi connectivity index (χ2n) is 1.80. The van der Waals surface area contributed by atoms with E-state index >= 15 is 0 Å². The molecule has 0 bridgehead atoms. The van der Waals surface area contributed by atoms with E-state index in [1.165, 1.54) is 13.4 Å². The van der Waals surface area contributed by atoms with Crippen LogP contribution in [0.2, 0.25) is 0 Å². The molecule has 0 aliphatic heterocycles. The summed E-state index contributed by atoms with van der Waals surface area (Å²) in [6, 6.07) is 0. The first-order valence-electron chi connectivity index (χ1n) is 3.17. The van der Waals surface area contributed by atoms with Crippen LogP contribution in [0.15, 0.2) is 15.6 Å². The Morgan fingerprint density at radius 1 is 1.69 bits per heavy atom. The normalized spacial score (nSPS) is 11.1. The molecule has 0 aromatic carbocycles. The summed E-state index contributed by atoms with van der Waals surface area (Å²) in [5, 5.41) is 10.7. The van der Waals surface area contributed by atoms with Crippen molar-refractivity contribution in [1.29, 1.82) is 0 Å². The van der Waals surface area contributed by atoms with Crippen molar-refractivity contribution in [2.24, 2.45) is 4.67 Å². The van der Waals surface area contributed by atoms with E-state index in [1.54, 1.807) is 0 Å². The van der Waals surface area contributed by atoms with Crippen LogP contribution in [0.25, 0.3) is 0 Å². The van der Waals surface area contributed by atoms with Gasteiger partial charge >= 0.3 is 81.9 Å². The fourth-order valence-corrected chi connectivity index (χ4v) is 1.21. The van der Waals surface area contributed by atoms with Gasteiger partial charge in [0.15, 0.2) is 0 Å². The number of carbonyl (C=O) groups excluding carboxylic acids is 1. The number of rotatable bonds is 4. The Morgan fingerprint density at radius 2 is 2.31 bits per heavy atom. The summed E-state index contributed by atoms with van der Waals surface area (Å²) in [7, 11) is 3.51. The fraction of sp³-hybridized carbons (Fsp3) is 0.200. The van der Waals surface area contributed by atoms with Crippen LogP contribution < -0.4 is 5.32 Å². The summed E-state index contributed by atoms with van der Waals surface area (Å²) in [6.45, 7) is 0. The average Bonchev–Trinajstić information content (AvgIpc) is 2.10. The number of hydrogen-bond donors (Lipinski definition) is 2. The molecule has 0 heterocycles. The number of amides is 1. The van der Waals surface area contributed by atoms with Crippen LogP contribution >= 0.6 is 21.0 Å². The van der Waals surface area contributed by atoms with Crippen molar-refractivity contribution in [2.75, 3.05) is 7.05 Å². The molecule has 5 nitrogen and oxygen atoms in total. The molecule has 0 rings (SSSR count). The van der Waals surface area contributed by atoms with Crippen molar-refractivity contribution in [3.05, 3.63) is 11.0 Å². The number of nitrogens with zero attached hydrogens (tertiary/aromatic N) is 1. The van der Waals surface area contributed by atoms with E-state index < -0.39 is 11.9 Å². The molecule has 0 aliphatic carbocycles. The molecule has 0 aromatic heterocycles. The van der Waals surface area contributed by atoms with Gasteiger partial charge in [-0.3, -0.25) is 0 Å². The van der Waals surface area contributed by atoms with E-state index in [0.717, 1.165) is 17.7 Å². The molecule has 1 amide bonds. The SMILES string of the molecule is CNC(=O)/C(=C\C(=O)O)S/B=N/P. The van der Waals surface area contributed by atoms with Crippen molar-refractivity contribution < 1.29 is 14.7 Å². The van der Waals surface area contributed by atoms with Crippen LogP contribution in [0, 0.1) is 0 Å². The summed E-state index contributed by atoms with van der Waals surface area (Å²) in [5.41, 5.74) is 0. The maximum atomic E-state index is 11.0. The number of carbonyl (C=O) groups is 2. The molecule has 1 unspecified atom stereocenters. The van der Waals surface area contributed by atoms with Gasteiger partial charge in [0.2, 0.25) is 0 Å². The molecule has 13 heavy (non-hydrogen) atoms. The van der Waals surface area contributed by atoms with Gasteiger partial charge in [-0.25, -0.2) is 0 Å². The van der Waals surface area contributed by atoms with Crippen molar-refractivity contribution in [3.8, 4) is 0 Å². The minimum absolute atomic E-state index is 0.0844. The molecule has 0 aromatic rings. The van der Waals surface area contributed by atoms with Crippen molar-refractivity contribution in [1.82, 2.24) is 5.32 Å². The van der Waals surface area contributed by atoms with Gasteiger partial charge in [-0.2, -0.15) is 0 Å². The number of aliphatic carboxylic acids is 1. The Labute approximate surface area is 82.5 Å². The third-order valence-electron chi connectivity index (χ3n) is 0.946. The molecule has 2 N–H and O–H groups in total. The molecule has 70 valence electrons. The molecule has 0 spiro atoms. The summed E-state index contributed by atoms with van der Waals surface area (Å²) in [4.78, 5) is 21.4. The summed E-state index contributed by atoms with van der Waals surface area (Å²) < 4.78 is 3.54. The Bertz CT molecular complexity index is 269. The van der Waals surface area contributed by atoms with Crippen LogP contribution in [0.3, 0.4) is 0 Å². The first kappa shape index (κ1) is 12.3. The quantitative estimate of drug-likeness (QED) is 0.396. The van der Waals surface area contributed by atoms with Gasteiger partial charge in [0.05, 0.1) is 0 Å². The number of likely N-dealkylation sites (N-methyl/N-ethyl adjacent to an activating group) is 1. The number of nitrogens with one attached hydrogen (secondary N) is 1. The van der Waals surface area contributed by atoms with Crippen LogP contribution in [-0.4, -0.2) is 30.4 Å². The summed E-state index contributed by atoms with van der Waals surface area (Å²) in [6.07, 6.45) is 2.19. The van der Waals surface area contributed by atoms with Crippen molar-refractivity contribution >= 4 is 39.2 Å². The number of hydrogen-bond acceptors (Lipinski definition) is 4. The van der Waals surface area contributed by atoms with E-state index in [0.29, 0.717) is 0 Å². The van der Waals surface area contributed by atoms with Crippen LogP contribution in [0.1, 0.15) is 0 Å². The molecule has 0 saturated heterocycles. The zero-order valence-corrected chi connectivity index (χ0v) is 8.82. The van der Waals surface area contributed by atoms with E-state index in [1.807, 2.05) is 0 Å². The van der Waals surface area contributed by atoms with E-state index in [9.17, 15) is 9.59 Å². The standard InChI is InChI=1S/C5H8BN2O3PS/c1-7-5(11)3(2-4(9)10)13-6-8-12/h2H,12H2,1H3,(H,7,11)(H,9,10)/b3-2+. The zero-order chi connectivity index (χ0) is 10.3. The Hall–Kier alpha value is -0.675. The first-order valence-corrected chi connectivity index (χ1v) is 4.56. The molecule has 0 fully saturated rings. The Morgan fingerprint density at radius 3 is 2.69 bits per heavy atom. The van der Waals surface area contributed by atoms with Crippen LogP contribution in [0.5, 0.6) is 0 Å². The van der Waals surface area contributed by atoms with Crippen LogP contribution in [0.4, 0.5) is 0 Å². The molecule has 0 radical (unpaired) electrons. The molecule has 0 saturated carbocycles. The van der Waals surface area contributed by atoms with E-state index in [2.05, 4.69) is 19.4 Å². The fourth-order valence-electron chi connectivity index (χ4n) is 0.476. The summed E-state index contributed by atoms with van der Waals surface area (Å²) in [5.74, 6) is -1.61. The topological polar surface area (TPSA) is 78.8 Å². The minimum atomic E-state index is -1.16. The maximum absolute atomic E-state index is 11.0. The average molecular weight is 218 g/mol. The molecule has 8 heteroatoms. The van der Waals surface area contributed by atoms with Gasteiger partial charge in [0.1, 0.15) is 0 Å². The number of carboxylic acid groups (broad SMARTS) is 1. The molecule has 1 atom stereocenters. The zero-order valence-electron chi connectivity index (χ0n) is 6.85. The molecular formula is C5H8BN2O3PS. The van der Waals surface area contributed by atoms with Gasteiger partial charge in [-0.1, -0.05) is 0 Å². The van der Waals surface area contributed by atoms with Gasteiger partial charge in [0, 0.05) is 0 Å². The third kappa shape index (κ3) is 5.55. The van der Waals surface area contributed by atoms with Gasteiger partial charge < -0.3 is 0 Å². The predicted molar refractivity (Wildman–Crippen MR) is 55.3 cm³/mol. The third-order valence-corrected chi connectivity index (χ3v) is 2.10. The molecular weight excluding hydrogens is 210 g/mol. The van der Waals surface area contributed by atoms with E-state index in [-0.39, 0.29) is 4.91 Å². The van der Waals surface area contributed by atoms with E-state index in [4.69, 9.17) is 5.11 Å². The predicted octanol–water partition coefficient (Wildman–Crippen LogP) is 0.0270. The van der Waals surface area contributed by atoms with Gasteiger partial charge in [0.25, 0.3) is 0 Å². The monoisotopic (exact) mass is 218 g/mol. The number of carboxylic acids is 1. The van der Waals surface area contributed by atoms with Gasteiger partial charge in [-0.15, -0.1) is 0 Å². The molecule has 0 aliphatic rings. The second kappa shape index (κ2) is 6.80. The second-order valence-corrected chi connectivity index (χ2v) is 2.98. The Kier molecular flexibility index (Phi) is 6.45. The van der Waals surface area contributed by atoms with Crippen molar-refractivity contribution in [3.63, 3.8) is 0 Å². The van der Waals surface area contributed by atoms with Gasteiger partial charge in [-0.05, 0) is 0 Å². The first-order chi connectivity index (χ1) is 6.11. The summed E-state index contributed by atoms with van der Waals surface area (Å²) >= 11 is 0.938.